The van der Waals surface area contributed by atoms with Crippen LogP contribution in [0.15, 0.2) is 47.6 Å². The minimum atomic E-state index is -0.502. The molecule has 0 radical (unpaired) electrons. The van der Waals surface area contributed by atoms with Gasteiger partial charge in [0, 0.05) is 22.2 Å². The summed E-state index contributed by atoms with van der Waals surface area (Å²) in [5.41, 5.74) is 0.539. The molecule has 3 saturated heterocycles. The van der Waals surface area contributed by atoms with Gasteiger partial charge in [0.25, 0.3) is 0 Å². The number of nitrogens with zero attached hydrogens (tertiary/aromatic N) is 3. The minimum Gasteiger partial charge on any atom is -0.497 e. The minimum absolute atomic E-state index is 0.228. The van der Waals surface area contributed by atoms with Gasteiger partial charge in [-0.05, 0) is 61.6 Å². The summed E-state index contributed by atoms with van der Waals surface area (Å²) < 4.78 is 25.8. The summed E-state index contributed by atoms with van der Waals surface area (Å²) in [7, 11) is 3.33. The molecule has 7 rings (SSSR count). The first kappa shape index (κ1) is 20.7. The Labute approximate surface area is 196 Å². The van der Waals surface area contributed by atoms with E-state index >= 15 is 0 Å². The van der Waals surface area contributed by atoms with Crippen molar-refractivity contribution in [3.05, 3.63) is 58.7 Å². The van der Waals surface area contributed by atoms with E-state index < -0.39 is 5.72 Å². The topological polar surface area (TPSA) is 46.5 Å². The maximum atomic E-state index is 13.8. The van der Waals surface area contributed by atoms with Gasteiger partial charge < -0.3 is 19.2 Å². The highest BCUT2D eigenvalue weighted by Gasteiger charge is 2.57. The number of hydrogen-bond donors (Lipinski definition) is 0. The van der Waals surface area contributed by atoms with Crippen LogP contribution in [0.25, 0.3) is 10.1 Å². The number of halogens is 1. The van der Waals surface area contributed by atoms with Gasteiger partial charge in [0.1, 0.15) is 17.3 Å². The van der Waals surface area contributed by atoms with Crippen LogP contribution in [0.1, 0.15) is 23.3 Å². The van der Waals surface area contributed by atoms with Gasteiger partial charge in [-0.15, -0.1) is 11.3 Å². The number of piperidine rings is 3. The Kier molecular flexibility index (Phi) is 4.96. The Balaban J connectivity index is 1.42. The van der Waals surface area contributed by atoms with E-state index in [1.165, 1.54) is 6.07 Å². The molecule has 1 unspecified atom stereocenters. The molecule has 8 heteroatoms. The lowest BCUT2D eigenvalue weighted by molar-refractivity contribution is -0.198. The number of oxime groups is 1. The SMILES string of the molecule is COc1ccc(CN2C(c3cc4ccc(F)cc4s3)=NOC23CN2CCC3CC2)c(OC)c1. The molecule has 0 aliphatic carbocycles. The molecule has 33 heavy (non-hydrogen) atoms. The number of hydrogen-bond acceptors (Lipinski definition) is 7. The number of thiophene rings is 1. The number of ether oxygens (including phenoxy) is 2. The lowest BCUT2D eigenvalue weighted by atomic mass is 9.79. The van der Waals surface area contributed by atoms with E-state index in [-0.39, 0.29) is 5.82 Å². The van der Waals surface area contributed by atoms with Crippen LogP contribution in [0.2, 0.25) is 0 Å². The zero-order chi connectivity index (χ0) is 22.6. The van der Waals surface area contributed by atoms with E-state index in [1.54, 1.807) is 31.6 Å². The lowest BCUT2D eigenvalue weighted by Crippen LogP contribution is -2.66. The number of benzene rings is 2. The first-order valence-electron chi connectivity index (χ1n) is 11.3. The van der Waals surface area contributed by atoms with E-state index in [2.05, 4.69) is 21.0 Å². The van der Waals surface area contributed by atoms with Crippen molar-refractivity contribution in [2.45, 2.75) is 25.1 Å². The van der Waals surface area contributed by atoms with Crippen molar-refractivity contribution >= 4 is 27.3 Å². The van der Waals surface area contributed by atoms with Gasteiger partial charge in [-0.25, -0.2) is 4.39 Å². The third-order valence-electron chi connectivity index (χ3n) is 7.20. The molecule has 2 aromatic carbocycles. The van der Waals surface area contributed by atoms with Gasteiger partial charge in [0.15, 0.2) is 5.84 Å². The average molecular weight is 468 g/mol. The Morgan fingerprint density at radius 1 is 1.12 bits per heavy atom. The van der Waals surface area contributed by atoms with Crippen LogP contribution in [0.4, 0.5) is 4.39 Å². The van der Waals surface area contributed by atoms with Gasteiger partial charge in [-0.1, -0.05) is 11.2 Å². The molecule has 4 aliphatic heterocycles. The third kappa shape index (κ3) is 3.35. The second-order valence-corrected chi connectivity index (χ2v) is 10.0. The second-order valence-electron chi connectivity index (χ2n) is 8.96. The van der Waals surface area contributed by atoms with Crippen LogP contribution in [-0.2, 0) is 11.4 Å². The van der Waals surface area contributed by atoms with Crippen molar-refractivity contribution in [1.82, 2.24) is 9.80 Å². The summed E-state index contributed by atoms with van der Waals surface area (Å²) in [6.45, 7) is 3.63. The molecule has 4 aliphatic rings. The van der Waals surface area contributed by atoms with E-state index in [0.717, 1.165) is 70.3 Å². The summed E-state index contributed by atoms with van der Waals surface area (Å²) in [4.78, 5) is 12.1. The van der Waals surface area contributed by atoms with Crippen molar-refractivity contribution in [2.24, 2.45) is 11.1 Å². The molecule has 1 aromatic heterocycles. The maximum absolute atomic E-state index is 13.8. The first-order valence-corrected chi connectivity index (χ1v) is 12.1. The lowest BCUT2D eigenvalue weighted by Gasteiger charge is -2.53. The summed E-state index contributed by atoms with van der Waals surface area (Å²) in [6.07, 6.45) is 2.19. The van der Waals surface area contributed by atoms with Crippen LogP contribution in [0.3, 0.4) is 0 Å². The monoisotopic (exact) mass is 467 g/mol. The van der Waals surface area contributed by atoms with E-state index in [4.69, 9.17) is 14.3 Å². The molecular formula is C25H26FN3O3S. The van der Waals surface area contributed by atoms with Gasteiger partial charge >= 0.3 is 0 Å². The third-order valence-corrected chi connectivity index (χ3v) is 8.30. The number of fused-ring (bicyclic) bond motifs is 3. The molecular weight excluding hydrogens is 441 g/mol. The van der Waals surface area contributed by atoms with Gasteiger partial charge in [-0.2, -0.15) is 0 Å². The predicted octanol–water partition coefficient (Wildman–Crippen LogP) is 4.67. The van der Waals surface area contributed by atoms with Crippen LogP contribution in [-0.4, -0.2) is 55.2 Å². The Morgan fingerprint density at radius 2 is 1.97 bits per heavy atom. The van der Waals surface area contributed by atoms with Gasteiger partial charge in [-0.3, -0.25) is 4.90 Å². The zero-order valence-electron chi connectivity index (χ0n) is 18.7. The highest BCUT2D eigenvalue weighted by atomic mass is 32.1. The number of rotatable bonds is 5. The average Bonchev–Trinajstić information content (AvgIpc) is 3.41. The molecule has 5 heterocycles. The molecule has 0 amide bonds. The molecule has 2 bridgehead atoms. The van der Waals surface area contributed by atoms with Gasteiger partial charge in [0.2, 0.25) is 5.72 Å². The smallest absolute Gasteiger partial charge is 0.227 e. The Morgan fingerprint density at radius 3 is 2.70 bits per heavy atom. The first-order chi connectivity index (χ1) is 16.1. The molecule has 1 spiro atoms. The molecule has 0 saturated carbocycles. The number of amidine groups is 1. The number of methoxy groups -OCH3 is 2. The predicted molar refractivity (Wildman–Crippen MR) is 126 cm³/mol. The molecule has 172 valence electrons. The summed E-state index contributed by atoms with van der Waals surface area (Å²) in [5.74, 6) is 2.51. The molecule has 0 N–H and O–H groups in total. The fourth-order valence-corrected chi connectivity index (χ4v) is 6.53. The second kappa shape index (κ2) is 7.88. The van der Waals surface area contributed by atoms with Crippen LogP contribution >= 0.6 is 11.3 Å². The fraction of sp³-hybridized carbons (Fsp3) is 0.400. The van der Waals surface area contributed by atoms with Crippen LogP contribution in [0, 0.1) is 11.7 Å². The summed E-state index contributed by atoms with van der Waals surface area (Å²) in [5, 5.41) is 5.66. The summed E-state index contributed by atoms with van der Waals surface area (Å²) >= 11 is 1.55. The van der Waals surface area contributed by atoms with Crippen molar-refractivity contribution in [1.29, 1.82) is 0 Å². The van der Waals surface area contributed by atoms with Crippen molar-refractivity contribution in [2.75, 3.05) is 33.9 Å². The van der Waals surface area contributed by atoms with Crippen LogP contribution < -0.4 is 9.47 Å². The zero-order valence-corrected chi connectivity index (χ0v) is 19.5. The van der Waals surface area contributed by atoms with Crippen molar-refractivity contribution in [3.63, 3.8) is 0 Å². The van der Waals surface area contributed by atoms with E-state index in [1.807, 2.05) is 24.3 Å². The quantitative estimate of drug-likeness (QED) is 0.546. The maximum Gasteiger partial charge on any atom is 0.227 e. The van der Waals surface area contributed by atoms with Crippen molar-refractivity contribution in [3.8, 4) is 11.5 Å². The standard InChI is InChI=1S/C25H26FN3O3S/c1-30-20-6-4-17(21(13-20)31-2)14-29-24(23-11-16-3-5-19(26)12-22(16)33-23)27-32-25(29)15-28-9-7-18(25)8-10-28/h3-6,11-13,18H,7-10,14-15H2,1-2H3. The fourth-order valence-electron chi connectivity index (χ4n) is 5.46. The van der Waals surface area contributed by atoms with E-state index in [0.29, 0.717) is 12.5 Å². The normalized spacial score (nSPS) is 26.0. The molecule has 3 fully saturated rings. The van der Waals surface area contributed by atoms with Crippen LogP contribution in [0.5, 0.6) is 11.5 Å². The van der Waals surface area contributed by atoms with Gasteiger partial charge in [0.05, 0.1) is 32.2 Å². The highest BCUT2D eigenvalue weighted by molar-refractivity contribution is 7.20. The molecule has 3 aromatic rings. The summed E-state index contributed by atoms with van der Waals surface area (Å²) in [6, 6.07) is 12.9. The Hall–Kier alpha value is -2.84. The van der Waals surface area contributed by atoms with Crippen molar-refractivity contribution < 1.29 is 18.7 Å². The largest absolute Gasteiger partial charge is 0.497 e. The molecule has 6 nitrogen and oxygen atoms in total. The highest BCUT2D eigenvalue weighted by Crippen LogP contribution is 2.46. The molecule has 1 atom stereocenters. The van der Waals surface area contributed by atoms with E-state index in [9.17, 15) is 4.39 Å². The Bertz CT molecular complexity index is 1240.